The third-order valence-electron chi connectivity index (χ3n) is 3.17. The standard InChI is InChI=1S/C17H17NO2/c1-2-18-11-13-12-19-17-9-8-15(10-16(13)17)20-14-6-4-3-5-7-14/h3-10,12,18H,2,11H2,1H3. The predicted molar refractivity (Wildman–Crippen MR) is 80.1 cm³/mol. The van der Waals surface area contributed by atoms with E-state index < -0.39 is 0 Å². The molecule has 3 rings (SSSR count). The highest BCUT2D eigenvalue weighted by Crippen LogP contribution is 2.28. The van der Waals surface area contributed by atoms with Crippen LogP contribution in [0.1, 0.15) is 12.5 Å². The van der Waals surface area contributed by atoms with Gasteiger partial charge in [-0.15, -0.1) is 0 Å². The van der Waals surface area contributed by atoms with Gasteiger partial charge >= 0.3 is 0 Å². The van der Waals surface area contributed by atoms with Crippen molar-refractivity contribution in [1.29, 1.82) is 0 Å². The summed E-state index contributed by atoms with van der Waals surface area (Å²) in [6.45, 7) is 3.83. The minimum absolute atomic E-state index is 0.804. The van der Waals surface area contributed by atoms with Crippen molar-refractivity contribution in [2.24, 2.45) is 0 Å². The van der Waals surface area contributed by atoms with Crippen LogP contribution in [-0.2, 0) is 6.54 Å². The van der Waals surface area contributed by atoms with Crippen molar-refractivity contribution < 1.29 is 9.15 Å². The van der Waals surface area contributed by atoms with Gasteiger partial charge in [-0.25, -0.2) is 0 Å². The maximum absolute atomic E-state index is 5.85. The quantitative estimate of drug-likeness (QED) is 0.747. The van der Waals surface area contributed by atoms with Crippen molar-refractivity contribution in [3.05, 3.63) is 60.4 Å². The number of nitrogens with one attached hydrogen (secondary N) is 1. The molecule has 0 saturated carbocycles. The van der Waals surface area contributed by atoms with Gasteiger partial charge in [-0.3, -0.25) is 0 Å². The lowest BCUT2D eigenvalue weighted by Gasteiger charge is -2.05. The highest BCUT2D eigenvalue weighted by molar-refractivity contribution is 5.82. The third-order valence-corrected chi connectivity index (χ3v) is 3.17. The lowest BCUT2D eigenvalue weighted by atomic mass is 10.1. The minimum atomic E-state index is 0.804. The van der Waals surface area contributed by atoms with Gasteiger partial charge in [0.1, 0.15) is 17.1 Å². The summed E-state index contributed by atoms with van der Waals surface area (Å²) >= 11 is 0. The molecule has 0 radical (unpaired) electrons. The van der Waals surface area contributed by atoms with Crippen LogP contribution in [0.25, 0.3) is 11.0 Å². The molecule has 1 N–H and O–H groups in total. The Morgan fingerprint density at radius 3 is 2.70 bits per heavy atom. The molecule has 2 aromatic carbocycles. The molecule has 0 spiro atoms. The van der Waals surface area contributed by atoms with E-state index in [0.29, 0.717) is 0 Å². The number of hydrogen-bond donors (Lipinski definition) is 1. The van der Waals surface area contributed by atoms with E-state index >= 15 is 0 Å². The Morgan fingerprint density at radius 1 is 1.05 bits per heavy atom. The van der Waals surface area contributed by atoms with Crippen LogP contribution < -0.4 is 10.1 Å². The number of fused-ring (bicyclic) bond motifs is 1. The molecule has 0 atom stereocenters. The maximum atomic E-state index is 5.85. The highest BCUT2D eigenvalue weighted by atomic mass is 16.5. The fourth-order valence-corrected chi connectivity index (χ4v) is 2.15. The molecule has 0 amide bonds. The smallest absolute Gasteiger partial charge is 0.134 e. The van der Waals surface area contributed by atoms with E-state index in [2.05, 4.69) is 12.2 Å². The molecule has 3 aromatic rings. The molecule has 0 fully saturated rings. The zero-order valence-electron chi connectivity index (χ0n) is 11.4. The normalized spacial score (nSPS) is 10.8. The van der Waals surface area contributed by atoms with Gasteiger partial charge in [0.2, 0.25) is 0 Å². The van der Waals surface area contributed by atoms with Crippen molar-refractivity contribution in [3.8, 4) is 11.5 Å². The maximum Gasteiger partial charge on any atom is 0.134 e. The molecule has 1 heterocycles. The first-order valence-corrected chi connectivity index (χ1v) is 6.80. The Morgan fingerprint density at radius 2 is 1.90 bits per heavy atom. The average Bonchev–Trinajstić information content (AvgIpc) is 2.89. The second kappa shape index (κ2) is 5.80. The molecule has 3 nitrogen and oxygen atoms in total. The number of rotatable bonds is 5. The van der Waals surface area contributed by atoms with Crippen LogP contribution in [0.15, 0.2) is 59.2 Å². The summed E-state index contributed by atoms with van der Waals surface area (Å²) in [6, 6.07) is 15.7. The lowest BCUT2D eigenvalue weighted by Crippen LogP contribution is -2.11. The molecule has 1 aromatic heterocycles. The number of hydrogen-bond acceptors (Lipinski definition) is 3. The summed E-state index contributed by atoms with van der Waals surface area (Å²) < 4.78 is 11.4. The summed E-state index contributed by atoms with van der Waals surface area (Å²) in [4.78, 5) is 0. The van der Waals surface area contributed by atoms with Crippen LogP contribution in [-0.4, -0.2) is 6.54 Å². The molecule has 0 saturated heterocycles. The van der Waals surface area contributed by atoms with Crippen molar-refractivity contribution >= 4 is 11.0 Å². The number of benzene rings is 2. The third kappa shape index (κ3) is 2.68. The zero-order chi connectivity index (χ0) is 13.8. The Hall–Kier alpha value is -2.26. The summed E-state index contributed by atoms with van der Waals surface area (Å²) in [6.07, 6.45) is 1.81. The second-order valence-corrected chi connectivity index (χ2v) is 4.61. The molecule has 3 heteroatoms. The van der Waals surface area contributed by atoms with Gasteiger partial charge in [0.05, 0.1) is 6.26 Å². The summed E-state index contributed by atoms with van der Waals surface area (Å²) in [5.74, 6) is 1.66. The minimum Gasteiger partial charge on any atom is -0.464 e. The van der Waals surface area contributed by atoms with Crippen LogP contribution >= 0.6 is 0 Å². The lowest BCUT2D eigenvalue weighted by molar-refractivity contribution is 0.483. The van der Waals surface area contributed by atoms with Crippen molar-refractivity contribution in [3.63, 3.8) is 0 Å². The Balaban J connectivity index is 1.89. The van der Waals surface area contributed by atoms with Gasteiger partial charge in [-0.1, -0.05) is 25.1 Å². The fraction of sp³-hybridized carbons (Fsp3) is 0.176. The molecular weight excluding hydrogens is 250 g/mol. The Labute approximate surface area is 118 Å². The van der Waals surface area contributed by atoms with Crippen LogP contribution in [0.2, 0.25) is 0 Å². The first-order valence-electron chi connectivity index (χ1n) is 6.80. The number of ether oxygens (including phenoxy) is 1. The van der Waals surface area contributed by atoms with Crippen LogP contribution in [0.5, 0.6) is 11.5 Å². The molecule has 0 bridgehead atoms. The Kier molecular flexibility index (Phi) is 3.70. The van der Waals surface area contributed by atoms with Crippen LogP contribution in [0.3, 0.4) is 0 Å². The van der Waals surface area contributed by atoms with Gasteiger partial charge in [0.25, 0.3) is 0 Å². The molecule has 102 valence electrons. The van der Waals surface area contributed by atoms with E-state index in [-0.39, 0.29) is 0 Å². The van der Waals surface area contributed by atoms with E-state index in [1.54, 1.807) is 6.26 Å². The van der Waals surface area contributed by atoms with Crippen LogP contribution in [0.4, 0.5) is 0 Å². The summed E-state index contributed by atoms with van der Waals surface area (Å²) in [7, 11) is 0. The van der Waals surface area contributed by atoms with Crippen molar-refractivity contribution in [1.82, 2.24) is 5.32 Å². The molecular formula is C17H17NO2. The van der Waals surface area contributed by atoms with Gasteiger partial charge < -0.3 is 14.5 Å². The average molecular weight is 267 g/mol. The van der Waals surface area contributed by atoms with E-state index in [1.165, 1.54) is 0 Å². The predicted octanol–water partition coefficient (Wildman–Crippen LogP) is 4.33. The molecule has 0 aliphatic rings. The monoisotopic (exact) mass is 267 g/mol. The van der Waals surface area contributed by atoms with Gasteiger partial charge in [-0.2, -0.15) is 0 Å². The highest BCUT2D eigenvalue weighted by Gasteiger charge is 2.07. The van der Waals surface area contributed by atoms with E-state index in [0.717, 1.165) is 41.1 Å². The van der Waals surface area contributed by atoms with Crippen molar-refractivity contribution in [2.75, 3.05) is 6.54 Å². The van der Waals surface area contributed by atoms with Gasteiger partial charge in [0.15, 0.2) is 0 Å². The van der Waals surface area contributed by atoms with Crippen molar-refractivity contribution in [2.45, 2.75) is 13.5 Å². The zero-order valence-corrected chi connectivity index (χ0v) is 11.4. The fourth-order valence-electron chi connectivity index (χ4n) is 2.15. The molecule has 0 aliphatic carbocycles. The van der Waals surface area contributed by atoms with E-state index in [9.17, 15) is 0 Å². The van der Waals surface area contributed by atoms with Gasteiger partial charge in [0, 0.05) is 17.5 Å². The summed E-state index contributed by atoms with van der Waals surface area (Å²) in [5.41, 5.74) is 2.04. The number of furan rings is 1. The largest absolute Gasteiger partial charge is 0.464 e. The van der Waals surface area contributed by atoms with Crippen LogP contribution in [0, 0.1) is 0 Å². The number of para-hydroxylation sites is 1. The molecule has 0 aliphatic heterocycles. The molecule has 0 unspecified atom stereocenters. The Bertz CT molecular complexity index is 689. The SMILES string of the molecule is CCNCc1coc2ccc(Oc3ccccc3)cc12. The van der Waals surface area contributed by atoms with E-state index in [1.807, 2.05) is 48.5 Å². The van der Waals surface area contributed by atoms with E-state index in [4.69, 9.17) is 9.15 Å². The first kappa shape index (κ1) is 12.8. The van der Waals surface area contributed by atoms with Gasteiger partial charge in [-0.05, 0) is 36.9 Å². The summed E-state index contributed by atoms with van der Waals surface area (Å²) in [5, 5.41) is 4.41. The second-order valence-electron chi connectivity index (χ2n) is 4.61. The first-order chi connectivity index (χ1) is 9.86. The topological polar surface area (TPSA) is 34.4 Å². The molecule has 20 heavy (non-hydrogen) atoms.